The maximum Gasteiger partial charge on any atom is 0.239 e. The third-order valence-electron chi connectivity index (χ3n) is 1.63. The minimum atomic E-state index is -3.16. The highest BCUT2D eigenvalue weighted by Gasteiger charge is 2.35. The largest absolute Gasteiger partial charge is 0.274 e. The number of amides is 1. The molecule has 1 amide bonds. The highest BCUT2D eigenvalue weighted by molar-refractivity contribution is 7.90. The van der Waals surface area contributed by atoms with Crippen LogP contribution >= 0.6 is 0 Å². The van der Waals surface area contributed by atoms with E-state index in [-0.39, 0.29) is 11.7 Å². The second kappa shape index (κ2) is 2.81. The first-order chi connectivity index (χ1) is 5.08. The summed E-state index contributed by atoms with van der Waals surface area (Å²) in [5, 5.41) is 0. The molecule has 0 bridgehead atoms. The number of hydrogen-bond donors (Lipinski definition) is 0. The Morgan fingerprint density at radius 2 is 2.18 bits per heavy atom. The molecule has 0 unspecified atom stereocenters. The van der Waals surface area contributed by atoms with Gasteiger partial charge in [0.15, 0.2) is 0 Å². The summed E-state index contributed by atoms with van der Waals surface area (Å²) in [5.74, 6) is -0.138. The number of rotatable bonds is 2. The molecule has 0 saturated carbocycles. The summed E-state index contributed by atoms with van der Waals surface area (Å²) >= 11 is 0. The smallest absolute Gasteiger partial charge is 0.239 e. The molecule has 1 fully saturated rings. The summed E-state index contributed by atoms with van der Waals surface area (Å²) in [7, 11) is -3.16. The van der Waals surface area contributed by atoms with E-state index in [0.29, 0.717) is 19.4 Å². The molecule has 0 aromatic heterocycles. The molecule has 1 aliphatic heterocycles. The molecule has 0 atom stereocenters. The van der Waals surface area contributed by atoms with E-state index in [1.165, 1.54) is 0 Å². The van der Waals surface area contributed by atoms with Crippen LogP contribution in [0.15, 0.2) is 0 Å². The Labute approximate surface area is 66.2 Å². The molecule has 0 spiro atoms. The van der Waals surface area contributed by atoms with Crippen molar-refractivity contribution in [1.29, 1.82) is 0 Å². The van der Waals surface area contributed by atoms with E-state index in [1.54, 1.807) is 0 Å². The lowest BCUT2D eigenvalue weighted by Crippen LogP contribution is -2.50. The predicted octanol–water partition coefficient (Wildman–Crippen LogP) is -0.0415. The Balaban J connectivity index is 2.57. The third-order valence-corrected chi connectivity index (χ3v) is 3.39. The Morgan fingerprint density at radius 3 is 2.45 bits per heavy atom. The van der Waals surface area contributed by atoms with Crippen LogP contribution in [0.25, 0.3) is 0 Å². The summed E-state index contributed by atoms with van der Waals surface area (Å²) < 4.78 is 22.6. The van der Waals surface area contributed by atoms with Crippen molar-refractivity contribution in [2.24, 2.45) is 0 Å². The van der Waals surface area contributed by atoms with Gasteiger partial charge < -0.3 is 0 Å². The van der Waals surface area contributed by atoms with E-state index in [4.69, 9.17) is 0 Å². The summed E-state index contributed by atoms with van der Waals surface area (Å²) in [6.45, 7) is 2.23. The second-order valence-corrected chi connectivity index (χ2v) is 4.54. The zero-order valence-corrected chi connectivity index (χ0v) is 7.23. The molecule has 5 heteroatoms. The van der Waals surface area contributed by atoms with Gasteiger partial charge in [0.05, 0.1) is 12.3 Å². The predicted molar refractivity (Wildman–Crippen MR) is 40.4 cm³/mol. The van der Waals surface area contributed by atoms with Crippen molar-refractivity contribution in [3.63, 3.8) is 0 Å². The second-order valence-electron chi connectivity index (χ2n) is 2.53. The van der Waals surface area contributed by atoms with Gasteiger partial charge in [-0.05, 0) is 6.42 Å². The van der Waals surface area contributed by atoms with Crippen molar-refractivity contribution in [2.45, 2.75) is 19.8 Å². The Hall–Kier alpha value is -0.580. The van der Waals surface area contributed by atoms with Gasteiger partial charge in [0.1, 0.15) is 0 Å². The first-order valence-electron chi connectivity index (χ1n) is 3.61. The van der Waals surface area contributed by atoms with Gasteiger partial charge in [-0.25, -0.2) is 12.7 Å². The lowest BCUT2D eigenvalue weighted by atomic mass is 10.3. The van der Waals surface area contributed by atoms with E-state index in [0.717, 1.165) is 4.31 Å². The van der Waals surface area contributed by atoms with Crippen LogP contribution < -0.4 is 0 Å². The van der Waals surface area contributed by atoms with Crippen molar-refractivity contribution >= 4 is 15.9 Å². The highest BCUT2D eigenvalue weighted by Crippen LogP contribution is 2.14. The van der Waals surface area contributed by atoms with Crippen molar-refractivity contribution in [1.82, 2.24) is 4.31 Å². The van der Waals surface area contributed by atoms with Crippen LogP contribution in [0.1, 0.15) is 19.8 Å². The molecule has 0 aliphatic carbocycles. The zero-order chi connectivity index (χ0) is 8.48. The first kappa shape index (κ1) is 8.52. The van der Waals surface area contributed by atoms with E-state index in [9.17, 15) is 13.2 Å². The number of hydrogen-bond acceptors (Lipinski definition) is 3. The number of carbonyl (C=O) groups is 1. The van der Waals surface area contributed by atoms with E-state index in [1.807, 2.05) is 6.92 Å². The fourth-order valence-corrected chi connectivity index (χ4v) is 2.01. The van der Waals surface area contributed by atoms with Gasteiger partial charge in [-0.15, -0.1) is 0 Å². The molecule has 0 aromatic rings. The normalized spacial score (nSPS) is 21.0. The lowest BCUT2D eigenvalue weighted by Gasteiger charge is -2.29. The van der Waals surface area contributed by atoms with Crippen LogP contribution in [-0.4, -0.2) is 30.9 Å². The molecule has 4 nitrogen and oxygen atoms in total. The fourth-order valence-electron chi connectivity index (χ4n) is 0.950. The molecular weight excluding hydrogens is 166 g/mol. The standard InChI is InChI=1S/C6H11NO3S/c1-2-3-6(8)7-4-5-11(7,9)10/h2-5H2,1H3. The maximum absolute atomic E-state index is 11.0. The monoisotopic (exact) mass is 177 g/mol. The van der Waals surface area contributed by atoms with Gasteiger partial charge in [0.25, 0.3) is 0 Å². The average molecular weight is 177 g/mol. The van der Waals surface area contributed by atoms with Crippen LogP contribution in [0.5, 0.6) is 0 Å². The minimum Gasteiger partial charge on any atom is -0.274 e. The molecule has 0 radical (unpaired) electrons. The number of carbonyl (C=O) groups excluding carboxylic acids is 1. The Kier molecular flexibility index (Phi) is 2.17. The highest BCUT2D eigenvalue weighted by atomic mass is 32.2. The Morgan fingerprint density at radius 1 is 1.55 bits per heavy atom. The average Bonchev–Trinajstić information content (AvgIpc) is 1.86. The topological polar surface area (TPSA) is 54.5 Å². The Bertz CT molecular complexity index is 257. The molecule has 0 aromatic carbocycles. The lowest BCUT2D eigenvalue weighted by molar-refractivity contribution is -0.127. The number of sulfonamides is 1. The van der Waals surface area contributed by atoms with E-state index < -0.39 is 10.0 Å². The molecule has 64 valence electrons. The maximum atomic E-state index is 11.0. The van der Waals surface area contributed by atoms with Gasteiger partial charge >= 0.3 is 0 Å². The quantitative estimate of drug-likeness (QED) is 0.594. The van der Waals surface area contributed by atoms with E-state index >= 15 is 0 Å². The van der Waals surface area contributed by atoms with Crippen LogP contribution in [0.4, 0.5) is 0 Å². The van der Waals surface area contributed by atoms with Gasteiger partial charge in [-0.2, -0.15) is 0 Å². The van der Waals surface area contributed by atoms with Crippen molar-refractivity contribution < 1.29 is 13.2 Å². The van der Waals surface area contributed by atoms with Crippen LogP contribution in [0.2, 0.25) is 0 Å². The van der Waals surface area contributed by atoms with Crippen molar-refractivity contribution in [3.8, 4) is 0 Å². The van der Waals surface area contributed by atoms with Gasteiger partial charge in [0, 0.05) is 6.42 Å². The SMILES string of the molecule is CCCC(=O)N1CCS1(=O)=O. The summed E-state index contributed by atoms with van der Waals surface area (Å²) in [6, 6.07) is 0. The fraction of sp³-hybridized carbons (Fsp3) is 0.833. The molecule has 1 heterocycles. The molecule has 0 N–H and O–H groups in total. The van der Waals surface area contributed by atoms with Crippen LogP contribution in [0, 0.1) is 0 Å². The summed E-state index contributed by atoms with van der Waals surface area (Å²) in [4.78, 5) is 11.0. The van der Waals surface area contributed by atoms with E-state index in [2.05, 4.69) is 0 Å². The molecule has 1 saturated heterocycles. The molecular formula is C6H11NO3S. The molecule has 1 rings (SSSR count). The molecule has 11 heavy (non-hydrogen) atoms. The van der Waals surface area contributed by atoms with Crippen molar-refractivity contribution in [3.05, 3.63) is 0 Å². The first-order valence-corrected chi connectivity index (χ1v) is 5.22. The van der Waals surface area contributed by atoms with Crippen molar-refractivity contribution in [2.75, 3.05) is 12.3 Å². The number of nitrogens with zero attached hydrogens (tertiary/aromatic N) is 1. The van der Waals surface area contributed by atoms with Crippen LogP contribution in [-0.2, 0) is 14.8 Å². The summed E-state index contributed by atoms with van der Waals surface area (Å²) in [6.07, 6.45) is 1.03. The zero-order valence-electron chi connectivity index (χ0n) is 6.41. The third kappa shape index (κ3) is 1.53. The van der Waals surface area contributed by atoms with Gasteiger partial charge in [0.2, 0.25) is 15.9 Å². The van der Waals surface area contributed by atoms with Gasteiger partial charge in [-0.1, -0.05) is 6.92 Å². The van der Waals surface area contributed by atoms with Crippen LogP contribution in [0.3, 0.4) is 0 Å². The summed E-state index contributed by atoms with van der Waals surface area (Å²) in [5.41, 5.74) is 0. The minimum absolute atomic E-state index is 0.127. The molecule has 1 aliphatic rings. The van der Waals surface area contributed by atoms with Gasteiger partial charge in [-0.3, -0.25) is 4.79 Å².